The topological polar surface area (TPSA) is 75.1 Å². The van der Waals surface area contributed by atoms with Crippen LogP contribution in [0.5, 0.6) is 0 Å². The molecule has 1 aromatic heterocycles. The summed E-state index contributed by atoms with van der Waals surface area (Å²) in [5.74, 6) is -0.535. The lowest BCUT2D eigenvalue weighted by Crippen LogP contribution is -2.29. The second-order valence-electron chi connectivity index (χ2n) is 6.30. The van der Waals surface area contributed by atoms with Crippen molar-refractivity contribution in [2.24, 2.45) is 5.92 Å². The van der Waals surface area contributed by atoms with Gasteiger partial charge in [0.1, 0.15) is 5.82 Å². The van der Waals surface area contributed by atoms with Crippen LogP contribution in [0.15, 0.2) is 30.3 Å². The van der Waals surface area contributed by atoms with Crippen LogP contribution < -0.4 is 5.32 Å². The van der Waals surface area contributed by atoms with E-state index in [4.69, 9.17) is 5.11 Å². The molecule has 0 spiro atoms. The van der Waals surface area contributed by atoms with Gasteiger partial charge in [0, 0.05) is 11.6 Å². The maximum absolute atomic E-state index is 13.3. The van der Waals surface area contributed by atoms with Gasteiger partial charge in [0.2, 0.25) is 0 Å². The number of aliphatic carboxylic acids is 1. The molecule has 1 aliphatic carbocycles. The van der Waals surface area contributed by atoms with E-state index in [1.807, 2.05) is 13.0 Å². The van der Waals surface area contributed by atoms with E-state index < -0.39 is 5.97 Å². The van der Waals surface area contributed by atoms with Crippen molar-refractivity contribution in [2.45, 2.75) is 38.6 Å². The second kappa shape index (κ2) is 6.95. The van der Waals surface area contributed by atoms with Gasteiger partial charge < -0.3 is 10.4 Å². The fourth-order valence-electron chi connectivity index (χ4n) is 3.09. The lowest BCUT2D eigenvalue weighted by Gasteiger charge is -2.27. The van der Waals surface area contributed by atoms with Gasteiger partial charge in [0.05, 0.1) is 11.6 Å². The van der Waals surface area contributed by atoms with Crippen LogP contribution in [0.1, 0.15) is 31.2 Å². The number of halogens is 1. The minimum atomic E-state index is -0.705. The Balaban J connectivity index is 1.69. The number of anilines is 1. The Morgan fingerprint density at radius 1 is 1.21 bits per heavy atom. The molecule has 24 heavy (non-hydrogen) atoms. The summed E-state index contributed by atoms with van der Waals surface area (Å²) in [7, 11) is 0. The molecule has 1 saturated carbocycles. The van der Waals surface area contributed by atoms with E-state index in [-0.39, 0.29) is 17.8 Å². The summed E-state index contributed by atoms with van der Waals surface area (Å²) in [4.78, 5) is 11.0. The zero-order valence-electron chi connectivity index (χ0n) is 13.5. The van der Waals surface area contributed by atoms with E-state index in [0.29, 0.717) is 29.9 Å². The van der Waals surface area contributed by atoms with Crippen molar-refractivity contribution in [2.75, 3.05) is 5.32 Å². The molecular formula is C18H20FN3O2. The minimum Gasteiger partial charge on any atom is -0.481 e. The molecule has 0 radical (unpaired) electrons. The van der Waals surface area contributed by atoms with Crippen molar-refractivity contribution in [1.29, 1.82) is 0 Å². The fraction of sp³-hybridized carbons (Fsp3) is 0.389. The number of nitrogens with zero attached hydrogens (tertiary/aromatic N) is 2. The smallest absolute Gasteiger partial charge is 0.306 e. The molecule has 6 heteroatoms. The molecule has 0 amide bonds. The Morgan fingerprint density at radius 2 is 1.96 bits per heavy atom. The van der Waals surface area contributed by atoms with Crippen molar-refractivity contribution in [3.63, 3.8) is 0 Å². The first kappa shape index (κ1) is 16.4. The van der Waals surface area contributed by atoms with Crippen LogP contribution >= 0.6 is 0 Å². The Hall–Kier alpha value is -2.50. The number of carboxylic acid groups (broad SMARTS) is 1. The number of aryl methyl sites for hydroxylation is 1. The van der Waals surface area contributed by atoms with Gasteiger partial charge in [0.15, 0.2) is 5.82 Å². The van der Waals surface area contributed by atoms with Crippen molar-refractivity contribution in [1.82, 2.24) is 10.2 Å². The quantitative estimate of drug-likeness (QED) is 0.895. The third-order valence-corrected chi connectivity index (χ3v) is 4.52. The Bertz CT molecular complexity index is 743. The summed E-state index contributed by atoms with van der Waals surface area (Å²) in [5, 5.41) is 20.8. The number of carbonyl (C=O) groups is 1. The van der Waals surface area contributed by atoms with Crippen LogP contribution in [-0.2, 0) is 4.79 Å². The lowest BCUT2D eigenvalue weighted by atomic mass is 9.86. The summed E-state index contributed by atoms with van der Waals surface area (Å²) in [5.41, 5.74) is 2.26. The number of benzene rings is 1. The third kappa shape index (κ3) is 3.69. The Labute approximate surface area is 139 Å². The zero-order valence-corrected chi connectivity index (χ0v) is 13.5. The van der Waals surface area contributed by atoms with Gasteiger partial charge in [-0.05, 0) is 56.4 Å². The van der Waals surface area contributed by atoms with E-state index >= 15 is 0 Å². The number of carboxylic acids is 1. The van der Waals surface area contributed by atoms with Crippen LogP contribution in [0.2, 0.25) is 0 Å². The maximum Gasteiger partial charge on any atom is 0.306 e. The van der Waals surface area contributed by atoms with Gasteiger partial charge in [-0.25, -0.2) is 4.39 Å². The highest BCUT2D eigenvalue weighted by Crippen LogP contribution is 2.28. The zero-order chi connectivity index (χ0) is 17.1. The van der Waals surface area contributed by atoms with Crippen molar-refractivity contribution in [3.8, 4) is 11.3 Å². The molecule has 1 heterocycles. The molecule has 3 rings (SSSR count). The summed E-state index contributed by atoms with van der Waals surface area (Å²) < 4.78 is 13.3. The van der Waals surface area contributed by atoms with Crippen LogP contribution in [-0.4, -0.2) is 27.3 Å². The molecule has 2 N–H and O–H groups in total. The number of rotatable bonds is 4. The SMILES string of the molecule is Cc1cc(-c2cccc(F)c2)nnc1NC1CCC(C(=O)O)CC1. The van der Waals surface area contributed by atoms with Gasteiger partial charge in [0.25, 0.3) is 0 Å². The Kier molecular flexibility index (Phi) is 4.74. The van der Waals surface area contributed by atoms with Crippen LogP contribution in [0.25, 0.3) is 11.3 Å². The fourth-order valence-corrected chi connectivity index (χ4v) is 3.09. The number of hydrogen-bond acceptors (Lipinski definition) is 4. The first-order valence-corrected chi connectivity index (χ1v) is 8.12. The van der Waals surface area contributed by atoms with Gasteiger partial charge in [-0.3, -0.25) is 4.79 Å². The summed E-state index contributed by atoms with van der Waals surface area (Å²) in [6.45, 7) is 1.93. The van der Waals surface area contributed by atoms with Crippen molar-refractivity contribution in [3.05, 3.63) is 41.7 Å². The summed E-state index contributed by atoms with van der Waals surface area (Å²) >= 11 is 0. The van der Waals surface area contributed by atoms with Gasteiger partial charge in [-0.15, -0.1) is 10.2 Å². The van der Waals surface area contributed by atoms with Crippen LogP contribution in [0.3, 0.4) is 0 Å². The minimum absolute atomic E-state index is 0.216. The molecule has 1 aliphatic rings. The van der Waals surface area contributed by atoms with Crippen molar-refractivity contribution >= 4 is 11.8 Å². The average molecular weight is 329 g/mol. The largest absolute Gasteiger partial charge is 0.481 e. The first-order valence-electron chi connectivity index (χ1n) is 8.12. The molecule has 5 nitrogen and oxygen atoms in total. The standard InChI is InChI=1S/C18H20FN3O2/c1-11-9-16(13-3-2-4-14(19)10-13)21-22-17(11)20-15-7-5-12(6-8-15)18(23)24/h2-4,9-10,12,15H,5-8H2,1H3,(H,20,22)(H,23,24). The van der Waals surface area contributed by atoms with Gasteiger partial charge in [-0.1, -0.05) is 12.1 Å². The molecular weight excluding hydrogens is 309 g/mol. The van der Waals surface area contributed by atoms with Crippen LogP contribution in [0.4, 0.5) is 10.2 Å². The van der Waals surface area contributed by atoms with E-state index in [2.05, 4.69) is 15.5 Å². The summed E-state index contributed by atoms with van der Waals surface area (Å²) in [6, 6.07) is 8.37. The predicted molar refractivity (Wildman–Crippen MR) is 89.2 cm³/mol. The number of nitrogens with one attached hydrogen (secondary N) is 1. The van der Waals surface area contributed by atoms with Crippen LogP contribution in [0, 0.1) is 18.7 Å². The molecule has 1 fully saturated rings. The molecule has 0 aliphatic heterocycles. The number of aromatic nitrogens is 2. The molecule has 2 aromatic rings. The van der Waals surface area contributed by atoms with Crippen molar-refractivity contribution < 1.29 is 14.3 Å². The monoisotopic (exact) mass is 329 g/mol. The van der Waals surface area contributed by atoms with E-state index in [1.165, 1.54) is 12.1 Å². The van der Waals surface area contributed by atoms with E-state index in [1.54, 1.807) is 12.1 Å². The average Bonchev–Trinajstić information content (AvgIpc) is 2.57. The summed E-state index contributed by atoms with van der Waals surface area (Å²) in [6.07, 6.45) is 2.98. The normalized spacial score (nSPS) is 20.6. The van der Waals surface area contributed by atoms with E-state index in [9.17, 15) is 9.18 Å². The molecule has 0 saturated heterocycles. The highest BCUT2D eigenvalue weighted by atomic mass is 19.1. The Morgan fingerprint density at radius 3 is 2.58 bits per heavy atom. The highest BCUT2D eigenvalue weighted by molar-refractivity contribution is 5.70. The number of hydrogen-bond donors (Lipinski definition) is 2. The third-order valence-electron chi connectivity index (χ3n) is 4.52. The molecule has 126 valence electrons. The first-order chi connectivity index (χ1) is 11.5. The maximum atomic E-state index is 13.3. The van der Waals surface area contributed by atoms with Gasteiger partial charge in [-0.2, -0.15) is 0 Å². The van der Waals surface area contributed by atoms with Gasteiger partial charge >= 0.3 is 5.97 Å². The predicted octanol–water partition coefficient (Wildman–Crippen LogP) is 3.65. The second-order valence-corrected chi connectivity index (χ2v) is 6.30. The molecule has 0 unspecified atom stereocenters. The van der Waals surface area contributed by atoms with E-state index in [0.717, 1.165) is 18.4 Å². The molecule has 1 aromatic carbocycles. The molecule has 0 bridgehead atoms. The molecule has 0 atom stereocenters. The highest BCUT2D eigenvalue weighted by Gasteiger charge is 2.26. The lowest BCUT2D eigenvalue weighted by molar-refractivity contribution is -0.142.